The molecular formula is C14H18N2O3S. The zero-order valence-corrected chi connectivity index (χ0v) is 11.9. The molecule has 20 heavy (non-hydrogen) atoms. The normalized spacial score (nSPS) is 18.3. The van der Waals surface area contributed by atoms with Crippen LogP contribution in [0.15, 0.2) is 24.3 Å². The first-order valence-electron chi connectivity index (χ1n) is 6.59. The number of carbonyl (C=O) groups is 2. The molecular weight excluding hydrogens is 276 g/mol. The Morgan fingerprint density at radius 2 is 2.25 bits per heavy atom. The van der Waals surface area contributed by atoms with E-state index in [1.54, 1.807) is 24.3 Å². The van der Waals surface area contributed by atoms with Crippen molar-refractivity contribution in [1.29, 1.82) is 0 Å². The predicted octanol–water partition coefficient (Wildman–Crippen LogP) is 2.33. The lowest BCUT2D eigenvalue weighted by Gasteiger charge is -2.22. The summed E-state index contributed by atoms with van der Waals surface area (Å²) in [6.07, 6.45) is 2.10. The van der Waals surface area contributed by atoms with Gasteiger partial charge in [-0.2, -0.15) is 11.8 Å². The maximum atomic E-state index is 11.9. The lowest BCUT2D eigenvalue weighted by Crippen LogP contribution is -2.40. The number of amides is 2. The van der Waals surface area contributed by atoms with E-state index < -0.39 is 5.97 Å². The van der Waals surface area contributed by atoms with E-state index in [-0.39, 0.29) is 18.5 Å². The number of anilines is 1. The van der Waals surface area contributed by atoms with Crippen molar-refractivity contribution >= 4 is 29.4 Å². The van der Waals surface area contributed by atoms with E-state index in [1.807, 2.05) is 11.8 Å². The molecule has 1 unspecified atom stereocenters. The molecule has 1 aromatic rings. The molecule has 5 nitrogen and oxygen atoms in total. The molecule has 1 heterocycles. The number of carboxylic acid groups (broad SMARTS) is 1. The summed E-state index contributed by atoms with van der Waals surface area (Å²) in [6.45, 7) is 0. The van der Waals surface area contributed by atoms with Crippen molar-refractivity contribution in [1.82, 2.24) is 5.32 Å². The number of thioether (sulfide) groups is 1. The quantitative estimate of drug-likeness (QED) is 0.796. The number of urea groups is 1. The summed E-state index contributed by atoms with van der Waals surface area (Å²) in [7, 11) is 0. The van der Waals surface area contributed by atoms with Gasteiger partial charge in [-0.05, 0) is 36.3 Å². The summed E-state index contributed by atoms with van der Waals surface area (Å²) in [5.74, 6) is 1.23. The maximum absolute atomic E-state index is 11.9. The Bertz CT molecular complexity index is 487. The Balaban J connectivity index is 1.88. The monoisotopic (exact) mass is 294 g/mol. The van der Waals surface area contributed by atoms with Gasteiger partial charge >= 0.3 is 12.0 Å². The van der Waals surface area contributed by atoms with E-state index in [4.69, 9.17) is 5.11 Å². The molecule has 0 spiro atoms. The van der Waals surface area contributed by atoms with Crippen molar-refractivity contribution in [2.45, 2.75) is 25.3 Å². The molecule has 6 heteroatoms. The van der Waals surface area contributed by atoms with Gasteiger partial charge in [-0.3, -0.25) is 4.79 Å². The van der Waals surface area contributed by atoms with Gasteiger partial charge in [0.05, 0.1) is 6.42 Å². The number of nitrogens with one attached hydrogen (secondary N) is 2. The van der Waals surface area contributed by atoms with Crippen molar-refractivity contribution in [3.05, 3.63) is 29.8 Å². The van der Waals surface area contributed by atoms with Crippen LogP contribution in [0.3, 0.4) is 0 Å². The Labute approximate surface area is 122 Å². The molecule has 2 amide bonds. The van der Waals surface area contributed by atoms with E-state index >= 15 is 0 Å². The van der Waals surface area contributed by atoms with Crippen LogP contribution in [-0.4, -0.2) is 34.7 Å². The standard InChI is InChI=1S/C14H18N2O3S/c17-13(18)8-10-3-1-4-11(7-10)15-14(19)16-12-5-2-6-20-9-12/h1,3-4,7,12H,2,5-6,8-9H2,(H,17,18)(H2,15,16,19). The number of carboxylic acids is 1. The van der Waals surface area contributed by atoms with Gasteiger partial charge in [-0.25, -0.2) is 4.79 Å². The minimum Gasteiger partial charge on any atom is -0.481 e. The van der Waals surface area contributed by atoms with Gasteiger partial charge in [-0.1, -0.05) is 12.1 Å². The lowest BCUT2D eigenvalue weighted by molar-refractivity contribution is -0.136. The van der Waals surface area contributed by atoms with E-state index in [1.165, 1.54) is 0 Å². The zero-order chi connectivity index (χ0) is 14.4. The van der Waals surface area contributed by atoms with E-state index in [0.717, 1.165) is 24.3 Å². The zero-order valence-electron chi connectivity index (χ0n) is 11.1. The number of hydrogen-bond acceptors (Lipinski definition) is 3. The highest BCUT2D eigenvalue weighted by molar-refractivity contribution is 7.99. The Hall–Kier alpha value is -1.69. The molecule has 0 aliphatic carbocycles. The Kier molecular flexibility index (Phi) is 5.29. The summed E-state index contributed by atoms with van der Waals surface area (Å²) in [5.41, 5.74) is 1.29. The molecule has 3 N–H and O–H groups in total. The van der Waals surface area contributed by atoms with Gasteiger partial charge in [-0.15, -0.1) is 0 Å². The third-order valence-corrected chi connectivity index (χ3v) is 4.25. The molecule has 0 saturated carbocycles. The van der Waals surface area contributed by atoms with Crippen LogP contribution in [-0.2, 0) is 11.2 Å². The second-order valence-corrected chi connectivity index (χ2v) is 5.93. The molecule has 1 aliphatic heterocycles. The predicted molar refractivity (Wildman–Crippen MR) is 80.3 cm³/mol. The second kappa shape index (κ2) is 7.19. The van der Waals surface area contributed by atoms with E-state index in [0.29, 0.717) is 11.3 Å². The van der Waals surface area contributed by atoms with Crippen molar-refractivity contribution in [2.75, 3.05) is 16.8 Å². The molecule has 2 rings (SSSR count). The van der Waals surface area contributed by atoms with Crippen LogP contribution >= 0.6 is 11.8 Å². The van der Waals surface area contributed by atoms with Crippen LogP contribution in [0, 0.1) is 0 Å². The summed E-state index contributed by atoms with van der Waals surface area (Å²) < 4.78 is 0. The average molecular weight is 294 g/mol. The third kappa shape index (κ3) is 4.77. The fourth-order valence-corrected chi connectivity index (χ4v) is 3.21. The summed E-state index contributed by atoms with van der Waals surface area (Å²) in [6, 6.07) is 6.89. The van der Waals surface area contributed by atoms with Crippen LogP contribution in [0.1, 0.15) is 18.4 Å². The van der Waals surface area contributed by atoms with Crippen molar-refractivity contribution < 1.29 is 14.7 Å². The fourth-order valence-electron chi connectivity index (χ4n) is 2.14. The van der Waals surface area contributed by atoms with Crippen LogP contribution in [0.2, 0.25) is 0 Å². The van der Waals surface area contributed by atoms with Gasteiger partial charge in [0.25, 0.3) is 0 Å². The number of aliphatic carboxylic acids is 1. The van der Waals surface area contributed by atoms with Crippen LogP contribution in [0.25, 0.3) is 0 Å². The highest BCUT2D eigenvalue weighted by Gasteiger charge is 2.15. The molecule has 0 radical (unpaired) electrons. The summed E-state index contributed by atoms with van der Waals surface area (Å²) in [5, 5.41) is 14.4. The summed E-state index contributed by atoms with van der Waals surface area (Å²) in [4.78, 5) is 22.5. The molecule has 1 fully saturated rings. The van der Waals surface area contributed by atoms with Crippen LogP contribution in [0.4, 0.5) is 10.5 Å². The number of rotatable bonds is 4. The molecule has 1 aliphatic rings. The number of carbonyl (C=O) groups excluding carboxylic acids is 1. The minimum absolute atomic E-state index is 0.0452. The average Bonchev–Trinajstić information content (AvgIpc) is 2.39. The molecule has 0 bridgehead atoms. The molecule has 1 saturated heterocycles. The first-order chi connectivity index (χ1) is 9.63. The van der Waals surface area contributed by atoms with Gasteiger partial charge in [0.2, 0.25) is 0 Å². The highest BCUT2D eigenvalue weighted by Crippen LogP contribution is 2.17. The van der Waals surface area contributed by atoms with Gasteiger partial charge in [0, 0.05) is 17.5 Å². The molecule has 1 atom stereocenters. The second-order valence-electron chi connectivity index (χ2n) is 4.78. The highest BCUT2D eigenvalue weighted by atomic mass is 32.2. The van der Waals surface area contributed by atoms with Gasteiger partial charge < -0.3 is 15.7 Å². The minimum atomic E-state index is -0.883. The fraction of sp³-hybridized carbons (Fsp3) is 0.429. The number of hydrogen-bond donors (Lipinski definition) is 3. The molecule has 1 aromatic carbocycles. The lowest BCUT2D eigenvalue weighted by atomic mass is 10.1. The van der Waals surface area contributed by atoms with Crippen molar-refractivity contribution in [2.24, 2.45) is 0 Å². The van der Waals surface area contributed by atoms with Gasteiger partial charge in [0.1, 0.15) is 0 Å². The van der Waals surface area contributed by atoms with Crippen molar-refractivity contribution in [3.63, 3.8) is 0 Å². The number of benzene rings is 1. The first-order valence-corrected chi connectivity index (χ1v) is 7.75. The summed E-state index contributed by atoms with van der Waals surface area (Å²) >= 11 is 1.85. The Morgan fingerprint density at radius 1 is 1.40 bits per heavy atom. The first kappa shape index (κ1) is 14.7. The SMILES string of the molecule is O=C(O)Cc1cccc(NC(=O)NC2CCCSC2)c1. The van der Waals surface area contributed by atoms with Gasteiger partial charge in [0.15, 0.2) is 0 Å². The Morgan fingerprint density at radius 3 is 2.95 bits per heavy atom. The maximum Gasteiger partial charge on any atom is 0.319 e. The third-order valence-electron chi connectivity index (χ3n) is 3.04. The van der Waals surface area contributed by atoms with Crippen LogP contribution < -0.4 is 10.6 Å². The van der Waals surface area contributed by atoms with Crippen LogP contribution in [0.5, 0.6) is 0 Å². The molecule has 108 valence electrons. The molecule has 0 aromatic heterocycles. The smallest absolute Gasteiger partial charge is 0.319 e. The van der Waals surface area contributed by atoms with E-state index in [9.17, 15) is 9.59 Å². The largest absolute Gasteiger partial charge is 0.481 e. The topological polar surface area (TPSA) is 78.4 Å². The van der Waals surface area contributed by atoms with E-state index in [2.05, 4.69) is 10.6 Å². The van der Waals surface area contributed by atoms with Crippen molar-refractivity contribution in [3.8, 4) is 0 Å².